The van der Waals surface area contributed by atoms with Crippen LogP contribution in [0.3, 0.4) is 0 Å². The Morgan fingerprint density at radius 3 is 2.59 bits per heavy atom. The molecule has 3 rings (SSSR count). The highest BCUT2D eigenvalue weighted by Crippen LogP contribution is 2.44. The van der Waals surface area contributed by atoms with E-state index in [1.165, 1.54) is 28.8 Å². The molecule has 1 heterocycles. The van der Waals surface area contributed by atoms with Crippen LogP contribution >= 0.6 is 11.6 Å². The molecule has 2 aromatic rings. The maximum Gasteiger partial charge on any atom is 0.0644 e. The van der Waals surface area contributed by atoms with Gasteiger partial charge in [0, 0.05) is 29.0 Å². The molecule has 1 atom stereocenters. The van der Waals surface area contributed by atoms with Crippen molar-refractivity contribution in [1.29, 1.82) is 0 Å². The quantitative estimate of drug-likeness (QED) is 0.510. The lowest BCUT2D eigenvalue weighted by atomic mass is 9.79. The number of anilines is 1. The molecular formula is C24H31ClN2. The number of hydrogen-bond acceptors (Lipinski definition) is 2. The average molecular weight is 383 g/mol. The summed E-state index contributed by atoms with van der Waals surface area (Å²) in [6, 6.07) is 10.6. The summed E-state index contributed by atoms with van der Waals surface area (Å²) < 4.78 is 0. The molecule has 1 aliphatic rings. The highest BCUT2D eigenvalue weighted by molar-refractivity contribution is 6.31. The topological polar surface area (TPSA) is 15.6 Å². The Labute approximate surface area is 169 Å². The predicted molar refractivity (Wildman–Crippen MR) is 119 cm³/mol. The van der Waals surface area contributed by atoms with Crippen molar-refractivity contribution in [3.05, 3.63) is 57.6 Å². The lowest BCUT2D eigenvalue weighted by molar-refractivity contribution is 0.376. The molecule has 2 aromatic carbocycles. The monoisotopic (exact) mass is 382 g/mol. The Morgan fingerprint density at radius 2 is 1.93 bits per heavy atom. The Bertz CT molecular complexity index is 867. The molecule has 0 fully saturated rings. The van der Waals surface area contributed by atoms with Gasteiger partial charge in [-0.1, -0.05) is 31.5 Å². The normalized spacial score (nSPS) is 18.8. The van der Waals surface area contributed by atoms with Crippen LogP contribution in [0.5, 0.6) is 0 Å². The van der Waals surface area contributed by atoms with Gasteiger partial charge in [-0.2, -0.15) is 0 Å². The molecule has 3 heteroatoms. The van der Waals surface area contributed by atoms with Gasteiger partial charge in [0.05, 0.1) is 5.69 Å². The van der Waals surface area contributed by atoms with Gasteiger partial charge in [-0.15, -0.1) is 0 Å². The number of fused-ring (bicyclic) bond motifs is 1. The fourth-order valence-corrected chi connectivity index (χ4v) is 4.42. The van der Waals surface area contributed by atoms with Crippen LogP contribution in [-0.2, 0) is 0 Å². The van der Waals surface area contributed by atoms with E-state index in [0.29, 0.717) is 5.92 Å². The molecule has 0 aliphatic carbocycles. The molecule has 1 aliphatic heterocycles. The molecule has 0 saturated carbocycles. The summed E-state index contributed by atoms with van der Waals surface area (Å²) in [7, 11) is 0. The molecule has 2 nitrogen and oxygen atoms in total. The highest BCUT2D eigenvalue weighted by Gasteiger charge is 2.36. The van der Waals surface area contributed by atoms with E-state index in [1.54, 1.807) is 0 Å². The van der Waals surface area contributed by atoms with E-state index < -0.39 is 0 Å². The van der Waals surface area contributed by atoms with E-state index in [-0.39, 0.29) is 5.54 Å². The second-order valence-electron chi connectivity index (χ2n) is 8.53. The second-order valence-corrected chi connectivity index (χ2v) is 8.94. The van der Waals surface area contributed by atoms with Crippen LogP contribution in [0.4, 0.5) is 11.4 Å². The molecule has 0 aromatic heterocycles. The van der Waals surface area contributed by atoms with E-state index in [1.807, 2.05) is 31.3 Å². The van der Waals surface area contributed by atoms with Gasteiger partial charge in [0.25, 0.3) is 0 Å². The summed E-state index contributed by atoms with van der Waals surface area (Å²) in [6.45, 7) is 14.6. The van der Waals surface area contributed by atoms with Gasteiger partial charge in [0.15, 0.2) is 0 Å². The van der Waals surface area contributed by atoms with Crippen molar-refractivity contribution < 1.29 is 0 Å². The summed E-state index contributed by atoms with van der Waals surface area (Å²) in [4.78, 5) is 7.27. The summed E-state index contributed by atoms with van der Waals surface area (Å²) >= 11 is 6.23. The summed E-state index contributed by atoms with van der Waals surface area (Å²) in [5.74, 6) is 0.546. The molecule has 0 spiro atoms. The lowest BCUT2D eigenvalue weighted by Gasteiger charge is -2.48. The van der Waals surface area contributed by atoms with E-state index in [4.69, 9.17) is 11.6 Å². The number of halogens is 1. The number of nitrogens with zero attached hydrogens (tertiary/aromatic N) is 2. The third-order valence-electron chi connectivity index (χ3n) is 5.73. The minimum Gasteiger partial charge on any atom is -0.366 e. The van der Waals surface area contributed by atoms with Gasteiger partial charge in [-0.05, 0) is 93.0 Å². The zero-order chi connectivity index (χ0) is 19.8. The summed E-state index contributed by atoms with van der Waals surface area (Å²) in [5.41, 5.74) is 7.46. The number of rotatable bonds is 4. The number of benzene rings is 2. The van der Waals surface area contributed by atoms with Crippen molar-refractivity contribution in [3.63, 3.8) is 0 Å². The lowest BCUT2D eigenvalue weighted by Crippen LogP contribution is -2.48. The first-order valence-corrected chi connectivity index (χ1v) is 10.3. The molecule has 144 valence electrons. The number of hydrogen-bond donors (Lipinski definition) is 0. The molecule has 0 amide bonds. The van der Waals surface area contributed by atoms with Gasteiger partial charge in [-0.3, -0.25) is 4.99 Å². The summed E-state index contributed by atoms with van der Waals surface area (Å²) in [6.07, 6.45) is 4.31. The Hall–Kier alpha value is -1.80. The van der Waals surface area contributed by atoms with Crippen LogP contribution in [0.25, 0.3) is 0 Å². The van der Waals surface area contributed by atoms with Gasteiger partial charge in [0.1, 0.15) is 0 Å². The van der Waals surface area contributed by atoms with Crippen molar-refractivity contribution in [1.82, 2.24) is 0 Å². The highest BCUT2D eigenvalue weighted by atomic mass is 35.5. The Balaban J connectivity index is 1.99. The fraction of sp³-hybridized carbons (Fsp3) is 0.458. The largest absolute Gasteiger partial charge is 0.366 e. The molecule has 0 saturated heterocycles. The first-order valence-electron chi connectivity index (χ1n) is 9.95. The minimum atomic E-state index is 0.198. The maximum absolute atomic E-state index is 6.23. The molecule has 1 unspecified atom stereocenters. The van der Waals surface area contributed by atoms with Gasteiger partial charge >= 0.3 is 0 Å². The molecule has 27 heavy (non-hydrogen) atoms. The number of aryl methyl sites for hydroxylation is 2. The Morgan fingerprint density at radius 1 is 1.19 bits per heavy atom. The van der Waals surface area contributed by atoms with Crippen molar-refractivity contribution in [2.75, 3.05) is 11.4 Å². The SMILES string of the molecule is CCCN1c2cc(C)c(C=Nc3ccc(C)c(Cl)c3)cc2C(C)CC1(C)C. The average Bonchev–Trinajstić information content (AvgIpc) is 2.59. The van der Waals surface area contributed by atoms with Crippen LogP contribution < -0.4 is 4.90 Å². The Kier molecular flexibility index (Phi) is 5.67. The second kappa shape index (κ2) is 7.67. The zero-order valence-corrected chi connectivity index (χ0v) is 18.2. The third-order valence-corrected chi connectivity index (χ3v) is 6.14. The maximum atomic E-state index is 6.23. The zero-order valence-electron chi connectivity index (χ0n) is 17.4. The summed E-state index contributed by atoms with van der Waals surface area (Å²) in [5, 5.41) is 0.762. The van der Waals surface area contributed by atoms with E-state index in [0.717, 1.165) is 29.2 Å². The van der Waals surface area contributed by atoms with Crippen LogP contribution in [0.1, 0.15) is 68.7 Å². The van der Waals surface area contributed by atoms with Gasteiger partial charge in [-0.25, -0.2) is 0 Å². The fourth-order valence-electron chi connectivity index (χ4n) is 4.24. The molecule has 0 radical (unpaired) electrons. The van der Waals surface area contributed by atoms with E-state index in [2.05, 4.69) is 56.6 Å². The van der Waals surface area contributed by atoms with Crippen LogP contribution in [0.15, 0.2) is 35.3 Å². The molecule has 0 N–H and O–H groups in total. The number of aliphatic imine (C=N–C) groups is 1. The van der Waals surface area contributed by atoms with Gasteiger partial charge in [0.2, 0.25) is 0 Å². The third kappa shape index (κ3) is 4.06. The van der Waals surface area contributed by atoms with Crippen molar-refractivity contribution >= 4 is 29.2 Å². The van der Waals surface area contributed by atoms with E-state index >= 15 is 0 Å². The van der Waals surface area contributed by atoms with Crippen LogP contribution in [0.2, 0.25) is 5.02 Å². The minimum absolute atomic E-state index is 0.198. The first kappa shape index (κ1) is 19.9. The smallest absolute Gasteiger partial charge is 0.0644 e. The van der Waals surface area contributed by atoms with Crippen molar-refractivity contribution in [2.24, 2.45) is 4.99 Å². The van der Waals surface area contributed by atoms with E-state index in [9.17, 15) is 0 Å². The van der Waals surface area contributed by atoms with Crippen molar-refractivity contribution in [3.8, 4) is 0 Å². The molecular weight excluding hydrogens is 352 g/mol. The van der Waals surface area contributed by atoms with Crippen molar-refractivity contribution in [2.45, 2.75) is 65.8 Å². The predicted octanol–water partition coefficient (Wildman–Crippen LogP) is 7.21. The van der Waals surface area contributed by atoms with Crippen LogP contribution in [-0.4, -0.2) is 18.3 Å². The van der Waals surface area contributed by atoms with Gasteiger partial charge < -0.3 is 4.90 Å². The standard InChI is InChI=1S/C24H31ClN2/c1-7-10-27-23-11-17(3)19(12-21(23)18(4)14-24(27,5)6)15-26-20-9-8-16(2)22(25)13-20/h8-9,11-13,15,18H,7,10,14H2,1-6H3. The molecule has 0 bridgehead atoms. The van der Waals surface area contributed by atoms with Crippen LogP contribution in [0, 0.1) is 13.8 Å². The first-order chi connectivity index (χ1) is 12.7.